The van der Waals surface area contributed by atoms with Crippen molar-refractivity contribution in [2.75, 3.05) is 0 Å². The Morgan fingerprint density at radius 1 is 1.17 bits per heavy atom. The van der Waals surface area contributed by atoms with Gasteiger partial charge in [0.25, 0.3) is 0 Å². The van der Waals surface area contributed by atoms with Crippen molar-refractivity contribution in [1.29, 1.82) is 0 Å². The smallest absolute Gasteiger partial charge is 0.335 e. The third-order valence-electron chi connectivity index (χ3n) is 3.71. The van der Waals surface area contributed by atoms with Gasteiger partial charge < -0.3 is 10.1 Å². The first kappa shape index (κ1) is 13.3. The molecule has 112 valence electrons. The van der Waals surface area contributed by atoms with E-state index in [2.05, 4.69) is 15.1 Å². The molecule has 0 saturated carbocycles. The zero-order chi connectivity index (χ0) is 15.8. The molecule has 23 heavy (non-hydrogen) atoms. The first-order chi connectivity index (χ1) is 11.2. The Hall–Kier alpha value is -3.41. The zero-order valence-electron chi connectivity index (χ0n) is 12.0. The highest BCUT2D eigenvalue weighted by Crippen LogP contribution is 2.24. The van der Waals surface area contributed by atoms with E-state index in [0.717, 1.165) is 27.8 Å². The summed E-state index contributed by atoms with van der Waals surface area (Å²) < 4.78 is 1.76. The van der Waals surface area contributed by atoms with E-state index in [1.54, 1.807) is 35.3 Å². The Bertz CT molecular complexity index is 1020. The first-order valence-electron chi connectivity index (χ1n) is 7.03. The first-order valence-corrected chi connectivity index (χ1v) is 7.03. The molecule has 0 aliphatic rings. The minimum absolute atomic E-state index is 0.257. The van der Waals surface area contributed by atoms with Gasteiger partial charge in [-0.05, 0) is 29.8 Å². The lowest BCUT2D eigenvalue weighted by Crippen LogP contribution is -1.96. The molecule has 3 aromatic heterocycles. The van der Waals surface area contributed by atoms with Crippen LogP contribution in [0.15, 0.2) is 61.2 Å². The average molecular weight is 304 g/mol. The van der Waals surface area contributed by atoms with Gasteiger partial charge in [0.15, 0.2) is 0 Å². The molecule has 0 radical (unpaired) electrons. The number of carbonyl (C=O) groups is 1. The number of carboxylic acids is 1. The summed E-state index contributed by atoms with van der Waals surface area (Å²) in [5.41, 5.74) is 3.64. The Kier molecular flexibility index (Phi) is 2.94. The number of hydrogen-bond donors (Lipinski definition) is 2. The van der Waals surface area contributed by atoms with Gasteiger partial charge >= 0.3 is 5.97 Å². The number of aromatic carboxylic acids is 1. The molecule has 0 aliphatic heterocycles. The maximum atomic E-state index is 11.1. The topological polar surface area (TPSA) is 83.8 Å². The number of aromatic nitrogens is 4. The van der Waals surface area contributed by atoms with Crippen LogP contribution in [0.3, 0.4) is 0 Å². The van der Waals surface area contributed by atoms with Crippen LogP contribution in [0.4, 0.5) is 0 Å². The predicted octanol–water partition coefficient (Wildman–Crippen LogP) is 3.11. The van der Waals surface area contributed by atoms with E-state index in [1.165, 1.54) is 0 Å². The molecule has 0 aliphatic carbocycles. The average Bonchev–Trinajstić information content (AvgIpc) is 3.24. The number of benzene rings is 1. The minimum atomic E-state index is -0.942. The lowest BCUT2D eigenvalue weighted by molar-refractivity contribution is 0.0697. The SMILES string of the molecule is O=C(O)c1cccc(-c2cnn(-c3ccnc4[nH]ccc34)c2)c1. The maximum Gasteiger partial charge on any atom is 0.335 e. The van der Waals surface area contributed by atoms with Gasteiger partial charge in [-0.25, -0.2) is 14.5 Å². The summed E-state index contributed by atoms with van der Waals surface area (Å²) >= 11 is 0. The zero-order valence-corrected chi connectivity index (χ0v) is 12.0. The van der Waals surface area contributed by atoms with Gasteiger partial charge in [-0.3, -0.25) is 0 Å². The summed E-state index contributed by atoms with van der Waals surface area (Å²) in [6.45, 7) is 0. The highest BCUT2D eigenvalue weighted by atomic mass is 16.4. The maximum absolute atomic E-state index is 11.1. The number of rotatable bonds is 3. The fourth-order valence-corrected chi connectivity index (χ4v) is 2.58. The van der Waals surface area contributed by atoms with E-state index in [0.29, 0.717) is 0 Å². The van der Waals surface area contributed by atoms with Crippen molar-refractivity contribution in [3.63, 3.8) is 0 Å². The van der Waals surface area contributed by atoms with E-state index in [1.807, 2.05) is 30.6 Å². The van der Waals surface area contributed by atoms with Gasteiger partial charge in [-0.2, -0.15) is 5.10 Å². The van der Waals surface area contributed by atoms with E-state index < -0.39 is 5.97 Å². The summed E-state index contributed by atoms with van der Waals surface area (Å²) in [6.07, 6.45) is 7.16. The van der Waals surface area contributed by atoms with Crippen LogP contribution in [0.5, 0.6) is 0 Å². The van der Waals surface area contributed by atoms with Gasteiger partial charge in [-0.1, -0.05) is 12.1 Å². The van der Waals surface area contributed by atoms with E-state index >= 15 is 0 Å². The standard InChI is InChI=1S/C17H12N4O2/c22-17(23)12-3-1-2-11(8-12)13-9-20-21(10-13)15-5-7-19-16-14(15)4-6-18-16/h1-10H,(H,18,19)(H,22,23). The number of H-pyrrole nitrogens is 1. The van der Waals surface area contributed by atoms with Crippen LogP contribution in [-0.2, 0) is 0 Å². The molecule has 0 amide bonds. The van der Waals surface area contributed by atoms with Gasteiger partial charge in [0.05, 0.1) is 17.4 Å². The molecule has 4 rings (SSSR count). The molecule has 1 aromatic carbocycles. The van der Waals surface area contributed by atoms with Gasteiger partial charge in [0.2, 0.25) is 0 Å². The third-order valence-corrected chi connectivity index (χ3v) is 3.71. The van der Waals surface area contributed by atoms with Gasteiger partial charge in [0, 0.05) is 29.5 Å². The molecule has 2 N–H and O–H groups in total. The van der Waals surface area contributed by atoms with E-state index in [9.17, 15) is 4.79 Å². The normalized spacial score (nSPS) is 11.0. The largest absolute Gasteiger partial charge is 0.478 e. The lowest BCUT2D eigenvalue weighted by Gasteiger charge is -2.02. The highest BCUT2D eigenvalue weighted by molar-refractivity contribution is 5.89. The van der Waals surface area contributed by atoms with Crippen molar-refractivity contribution < 1.29 is 9.90 Å². The van der Waals surface area contributed by atoms with Gasteiger partial charge in [-0.15, -0.1) is 0 Å². The monoisotopic (exact) mass is 304 g/mol. The summed E-state index contributed by atoms with van der Waals surface area (Å²) in [7, 11) is 0. The number of nitrogens with one attached hydrogen (secondary N) is 1. The summed E-state index contributed by atoms with van der Waals surface area (Å²) in [5, 5.41) is 14.5. The van der Waals surface area contributed by atoms with Crippen molar-refractivity contribution in [3.8, 4) is 16.8 Å². The molecule has 0 unspecified atom stereocenters. The van der Waals surface area contributed by atoms with Crippen LogP contribution in [0.2, 0.25) is 0 Å². The number of nitrogens with zero attached hydrogens (tertiary/aromatic N) is 3. The van der Waals surface area contributed by atoms with Crippen LogP contribution >= 0.6 is 0 Å². The Labute approximate surface area is 131 Å². The van der Waals surface area contributed by atoms with E-state index in [4.69, 9.17) is 5.11 Å². The Morgan fingerprint density at radius 2 is 2.09 bits per heavy atom. The van der Waals surface area contributed by atoms with Crippen LogP contribution in [-0.4, -0.2) is 30.8 Å². The Morgan fingerprint density at radius 3 is 2.96 bits per heavy atom. The van der Waals surface area contributed by atoms with Crippen LogP contribution in [0.25, 0.3) is 27.8 Å². The van der Waals surface area contributed by atoms with Crippen molar-refractivity contribution in [1.82, 2.24) is 19.7 Å². The van der Waals surface area contributed by atoms with E-state index in [-0.39, 0.29) is 5.56 Å². The predicted molar refractivity (Wildman–Crippen MR) is 85.6 cm³/mol. The molecule has 3 heterocycles. The van der Waals surface area contributed by atoms with Crippen molar-refractivity contribution in [2.24, 2.45) is 0 Å². The third kappa shape index (κ3) is 2.26. The highest BCUT2D eigenvalue weighted by Gasteiger charge is 2.09. The number of hydrogen-bond acceptors (Lipinski definition) is 3. The summed E-state index contributed by atoms with van der Waals surface area (Å²) in [5.74, 6) is -0.942. The second-order valence-electron chi connectivity index (χ2n) is 5.13. The van der Waals surface area contributed by atoms with Crippen LogP contribution < -0.4 is 0 Å². The Balaban J connectivity index is 1.79. The van der Waals surface area contributed by atoms with Crippen LogP contribution in [0.1, 0.15) is 10.4 Å². The second kappa shape index (κ2) is 5.10. The number of aromatic amines is 1. The fourth-order valence-electron chi connectivity index (χ4n) is 2.58. The molecule has 4 aromatic rings. The molecule has 0 spiro atoms. The number of pyridine rings is 1. The molecule has 6 nitrogen and oxygen atoms in total. The number of fused-ring (bicyclic) bond motifs is 1. The molecular weight excluding hydrogens is 292 g/mol. The van der Waals surface area contributed by atoms with Crippen molar-refractivity contribution in [2.45, 2.75) is 0 Å². The van der Waals surface area contributed by atoms with Crippen molar-refractivity contribution in [3.05, 3.63) is 66.7 Å². The summed E-state index contributed by atoms with van der Waals surface area (Å²) in [6, 6.07) is 10.6. The molecule has 0 saturated heterocycles. The second-order valence-corrected chi connectivity index (χ2v) is 5.13. The van der Waals surface area contributed by atoms with Crippen LogP contribution in [0, 0.1) is 0 Å². The molecule has 0 fully saturated rings. The summed E-state index contributed by atoms with van der Waals surface area (Å²) in [4.78, 5) is 18.4. The molecule has 6 heteroatoms. The fraction of sp³-hybridized carbons (Fsp3) is 0. The lowest BCUT2D eigenvalue weighted by atomic mass is 10.1. The molecule has 0 bridgehead atoms. The molecule has 0 atom stereocenters. The minimum Gasteiger partial charge on any atom is -0.478 e. The quantitative estimate of drug-likeness (QED) is 0.609. The number of carboxylic acid groups (broad SMARTS) is 1. The molecular formula is C17H12N4O2. The van der Waals surface area contributed by atoms with Crippen molar-refractivity contribution >= 4 is 17.0 Å². The van der Waals surface area contributed by atoms with Gasteiger partial charge in [0.1, 0.15) is 5.65 Å².